The highest BCUT2D eigenvalue weighted by molar-refractivity contribution is 5.78. The quantitative estimate of drug-likeness (QED) is 0.814. The van der Waals surface area contributed by atoms with Crippen LogP contribution in [0.5, 0.6) is 5.75 Å². The molecule has 0 N–H and O–H groups in total. The van der Waals surface area contributed by atoms with Crippen molar-refractivity contribution in [1.29, 1.82) is 0 Å². The van der Waals surface area contributed by atoms with E-state index < -0.39 is 0 Å². The molecule has 2 rings (SSSR count). The lowest BCUT2D eigenvalue weighted by Crippen LogP contribution is -2.31. The predicted molar refractivity (Wildman–Crippen MR) is 84.2 cm³/mol. The fourth-order valence-electron chi connectivity index (χ4n) is 2.21. The van der Waals surface area contributed by atoms with Crippen LogP contribution in [0.1, 0.15) is 18.1 Å². The third kappa shape index (κ3) is 4.35. The molecule has 2 aromatic carbocycles. The molecule has 3 heteroatoms. The van der Waals surface area contributed by atoms with Crippen molar-refractivity contribution in [3.05, 3.63) is 65.7 Å². The molecule has 0 spiro atoms. The zero-order valence-corrected chi connectivity index (χ0v) is 12.6. The number of methoxy groups -OCH3 is 1. The fraction of sp³-hybridized carbons (Fsp3) is 0.278. The Hall–Kier alpha value is -2.29. The molecule has 0 fully saturated rings. The van der Waals surface area contributed by atoms with E-state index in [1.807, 2.05) is 66.4 Å². The van der Waals surface area contributed by atoms with Crippen molar-refractivity contribution in [2.45, 2.75) is 19.9 Å². The summed E-state index contributed by atoms with van der Waals surface area (Å²) in [7, 11) is 1.64. The molecule has 110 valence electrons. The van der Waals surface area contributed by atoms with Gasteiger partial charge >= 0.3 is 0 Å². The van der Waals surface area contributed by atoms with E-state index in [2.05, 4.69) is 0 Å². The Morgan fingerprint density at radius 1 is 1.00 bits per heavy atom. The standard InChI is InChI=1S/C18H21NO2/c1-3-19(14-16-7-5-4-6-8-16)18(20)13-15-9-11-17(21-2)12-10-15/h4-12H,3,13-14H2,1-2H3. The summed E-state index contributed by atoms with van der Waals surface area (Å²) < 4.78 is 5.13. The van der Waals surface area contributed by atoms with E-state index in [-0.39, 0.29) is 5.91 Å². The minimum atomic E-state index is 0.145. The van der Waals surface area contributed by atoms with Gasteiger partial charge in [0.15, 0.2) is 0 Å². The molecule has 0 unspecified atom stereocenters. The number of carbonyl (C=O) groups is 1. The number of benzene rings is 2. The topological polar surface area (TPSA) is 29.5 Å². The highest BCUT2D eigenvalue weighted by atomic mass is 16.5. The largest absolute Gasteiger partial charge is 0.497 e. The molecular formula is C18H21NO2. The van der Waals surface area contributed by atoms with Crippen molar-refractivity contribution < 1.29 is 9.53 Å². The summed E-state index contributed by atoms with van der Waals surface area (Å²) in [6.45, 7) is 3.38. The van der Waals surface area contributed by atoms with Crippen LogP contribution < -0.4 is 4.74 Å². The SMILES string of the molecule is CCN(Cc1ccccc1)C(=O)Cc1ccc(OC)cc1. The summed E-state index contributed by atoms with van der Waals surface area (Å²) in [5, 5.41) is 0. The Morgan fingerprint density at radius 2 is 1.67 bits per heavy atom. The zero-order valence-electron chi connectivity index (χ0n) is 12.6. The third-order valence-electron chi connectivity index (χ3n) is 3.47. The molecule has 0 atom stereocenters. The van der Waals surface area contributed by atoms with Crippen LogP contribution in [0.25, 0.3) is 0 Å². The van der Waals surface area contributed by atoms with Gasteiger partial charge in [0.1, 0.15) is 5.75 Å². The van der Waals surface area contributed by atoms with Gasteiger partial charge in [-0.05, 0) is 30.2 Å². The van der Waals surface area contributed by atoms with Crippen molar-refractivity contribution in [2.24, 2.45) is 0 Å². The molecule has 0 bridgehead atoms. The van der Waals surface area contributed by atoms with E-state index in [9.17, 15) is 4.79 Å². The van der Waals surface area contributed by atoms with Crippen LogP contribution in [-0.2, 0) is 17.8 Å². The monoisotopic (exact) mass is 283 g/mol. The molecule has 0 aromatic heterocycles. The van der Waals surface area contributed by atoms with Gasteiger partial charge in [0.25, 0.3) is 0 Å². The Balaban J connectivity index is 1.99. The van der Waals surface area contributed by atoms with Crippen molar-refractivity contribution in [3.63, 3.8) is 0 Å². The number of likely N-dealkylation sites (N-methyl/N-ethyl adjacent to an activating group) is 1. The summed E-state index contributed by atoms with van der Waals surface area (Å²) in [5.41, 5.74) is 2.16. The lowest BCUT2D eigenvalue weighted by Gasteiger charge is -2.21. The summed E-state index contributed by atoms with van der Waals surface area (Å²) in [6.07, 6.45) is 0.421. The summed E-state index contributed by atoms with van der Waals surface area (Å²) in [5.74, 6) is 0.953. The molecule has 21 heavy (non-hydrogen) atoms. The first-order valence-corrected chi connectivity index (χ1v) is 7.17. The summed E-state index contributed by atoms with van der Waals surface area (Å²) in [4.78, 5) is 14.3. The van der Waals surface area contributed by atoms with Gasteiger partial charge in [-0.25, -0.2) is 0 Å². The minimum Gasteiger partial charge on any atom is -0.497 e. The van der Waals surface area contributed by atoms with Crippen LogP contribution in [0.2, 0.25) is 0 Å². The van der Waals surface area contributed by atoms with Crippen LogP contribution in [0.15, 0.2) is 54.6 Å². The van der Waals surface area contributed by atoms with Crippen molar-refractivity contribution in [3.8, 4) is 5.75 Å². The average Bonchev–Trinajstić information content (AvgIpc) is 2.54. The van der Waals surface area contributed by atoms with E-state index in [1.165, 1.54) is 0 Å². The number of hydrogen-bond donors (Lipinski definition) is 0. The maximum absolute atomic E-state index is 12.4. The third-order valence-corrected chi connectivity index (χ3v) is 3.47. The highest BCUT2D eigenvalue weighted by Crippen LogP contribution is 2.13. The molecule has 0 heterocycles. The minimum absolute atomic E-state index is 0.145. The normalized spacial score (nSPS) is 10.2. The van der Waals surface area contributed by atoms with Gasteiger partial charge in [0.05, 0.1) is 13.5 Å². The van der Waals surface area contributed by atoms with Crippen LogP contribution in [0.4, 0.5) is 0 Å². The molecule has 0 radical (unpaired) electrons. The van der Waals surface area contributed by atoms with Crippen molar-refractivity contribution >= 4 is 5.91 Å². The molecule has 1 amide bonds. The summed E-state index contributed by atoms with van der Waals surface area (Å²) >= 11 is 0. The second-order valence-corrected chi connectivity index (χ2v) is 4.92. The average molecular weight is 283 g/mol. The second-order valence-electron chi connectivity index (χ2n) is 4.92. The second kappa shape index (κ2) is 7.48. The van der Waals surface area contributed by atoms with Gasteiger partial charge in [-0.3, -0.25) is 4.79 Å². The first-order valence-electron chi connectivity index (χ1n) is 7.17. The first-order chi connectivity index (χ1) is 10.2. The van der Waals surface area contributed by atoms with Crippen LogP contribution >= 0.6 is 0 Å². The van der Waals surface area contributed by atoms with Crippen molar-refractivity contribution in [2.75, 3.05) is 13.7 Å². The smallest absolute Gasteiger partial charge is 0.227 e. The van der Waals surface area contributed by atoms with Gasteiger partial charge in [0, 0.05) is 13.1 Å². The van der Waals surface area contributed by atoms with Gasteiger partial charge in [0.2, 0.25) is 5.91 Å². The highest BCUT2D eigenvalue weighted by Gasteiger charge is 2.12. The van der Waals surface area contributed by atoms with Gasteiger partial charge in [-0.2, -0.15) is 0 Å². The maximum Gasteiger partial charge on any atom is 0.227 e. The van der Waals surface area contributed by atoms with Crippen LogP contribution in [-0.4, -0.2) is 24.5 Å². The number of carbonyl (C=O) groups excluding carboxylic acids is 1. The van der Waals surface area contributed by atoms with Gasteiger partial charge in [-0.1, -0.05) is 42.5 Å². The Kier molecular flexibility index (Phi) is 5.38. The lowest BCUT2D eigenvalue weighted by atomic mass is 10.1. The Labute approximate surface area is 126 Å². The van der Waals surface area contributed by atoms with Crippen LogP contribution in [0.3, 0.4) is 0 Å². The zero-order chi connectivity index (χ0) is 15.1. The van der Waals surface area contributed by atoms with E-state index >= 15 is 0 Å². The van der Waals surface area contributed by atoms with Gasteiger partial charge < -0.3 is 9.64 Å². The van der Waals surface area contributed by atoms with Crippen molar-refractivity contribution in [1.82, 2.24) is 4.90 Å². The number of nitrogens with zero attached hydrogens (tertiary/aromatic N) is 1. The molecule has 0 saturated heterocycles. The molecule has 0 aliphatic rings. The molecule has 2 aromatic rings. The molecule has 0 aliphatic heterocycles. The first kappa shape index (κ1) is 15.1. The molecule has 3 nitrogen and oxygen atoms in total. The lowest BCUT2D eigenvalue weighted by molar-refractivity contribution is -0.130. The van der Waals surface area contributed by atoms with Crippen LogP contribution in [0, 0.1) is 0 Å². The fourth-order valence-corrected chi connectivity index (χ4v) is 2.21. The molecule has 0 aliphatic carbocycles. The maximum atomic E-state index is 12.4. The molecule has 0 saturated carbocycles. The Bertz CT molecular complexity index is 564. The number of amides is 1. The van der Waals surface area contributed by atoms with E-state index in [1.54, 1.807) is 7.11 Å². The van der Waals surface area contributed by atoms with E-state index in [0.29, 0.717) is 19.5 Å². The number of rotatable bonds is 6. The van der Waals surface area contributed by atoms with Gasteiger partial charge in [-0.15, -0.1) is 0 Å². The number of hydrogen-bond acceptors (Lipinski definition) is 2. The van der Waals surface area contributed by atoms with E-state index in [4.69, 9.17) is 4.74 Å². The predicted octanol–water partition coefficient (Wildman–Crippen LogP) is 3.29. The molecular weight excluding hydrogens is 262 g/mol. The summed E-state index contributed by atoms with van der Waals surface area (Å²) in [6, 6.07) is 17.7. The number of ether oxygens (including phenoxy) is 1. The van der Waals surface area contributed by atoms with E-state index in [0.717, 1.165) is 16.9 Å². The Morgan fingerprint density at radius 3 is 2.24 bits per heavy atom.